The van der Waals surface area contributed by atoms with Crippen molar-refractivity contribution >= 4 is 33.1 Å². The van der Waals surface area contributed by atoms with Gasteiger partial charge in [0.2, 0.25) is 5.95 Å². The number of alkyl halides is 3. The molecule has 0 spiro atoms. The second-order valence-electron chi connectivity index (χ2n) is 7.55. The monoisotopic (exact) mass is 506 g/mol. The van der Waals surface area contributed by atoms with Crippen LogP contribution in [0.15, 0.2) is 59.5 Å². The molecule has 1 saturated heterocycles. The van der Waals surface area contributed by atoms with Crippen molar-refractivity contribution in [3.05, 3.63) is 60.1 Å². The van der Waals surface area contributed by atoms with E-state index in [1.165, 1.54) is 30.3 Å². The lowest BCUT2D eigenvalue weighted by Crippen LogP contribution is -2.37. The molecule has 13 heteroatoms. The first-order chi connectivity index (χ1) is 16.6. The molecule has 0 atom stereocenters. The van der Waals surface area contributed by atoms with Crippen molar-refractivity contribution in [2.75, 3.05) is 42.3 Å². The molecule has 1 aromatic carbocycles. The number of nitrogen functional groups attached to an aromatic ring is 1. The summed E-state index contributed by atoms with van der Waals surface area (Å²) in [5.74, 6) is 0.154. The van der Waals surface area contributed by atoms with Crippen LogP contribution >= 0.6 is 0 Å². The highest BCUT2D eigenvalue weighted by molar-refractivity contribution is 7.94. The van der Waals surface area contributed by atoms with Gasteiger partial charge < -0.3 is 20.7 Å². The van der Waals surface area contributed by atoms with Crippen LogP contribution in [0.4, 0.5) is 36.4 Å². The van der Waals surface area contributed by atoms with E-state index in [1.807, 2.05) is 0 Å². The molecule has 9 nitrogen and oxygen atoms in total. The van der Waals surface area contributed by atoms with Crippen LogP contribution in [0, 0.1) is 0 Å². The second kappa shape index (κ2) is 9.50. The third-order valence-corrected chi connectivity index (χ3v) is 6.56. The van der Waals surface area contributed by atoms with E-state index >= 15 is 0 Å². The van der Waals surface area contributed by atoms with Gasteiger partial charge in [0.15, 0.2) is 9.84 Å². The zero-order valence-electron chi connectivity index (χ0n) is 18.3. The number of aromatic nitrogens is 3. The van der Waals surface area contributed by atoms with Gasteiger partial charge in [0.05, 0.1) is 29.4 Å². The first-order valence-electron chi connectivity index (χ1n) is 10.4. The van der Waals surface area contributed by atoms with Crippen molar-refractivity contribution in [3.8, 4) is 11.3 Å². The Morgan fingerprint density at radius 3 is 2.43 bits per heavy atom. The number of rotatable bonds is 6. The van der Waals surface area contributed by atoms with Gasteiger partial charge in [-0.15, -0.1) is 0 Å². The van der Waals surface area contributed by atoms with Crippen LogP contribution in [-0.4, -0.2) is 49.7 Å². The van der Waals surface area contributed by atoms with Crippen molar-refractivity contribution in [3.63, 3.8) is 0 Å². The number of halogens is 3. The van der Waals surface area contributed by atoms with Crippen molar-refractivity contribution < 1.29 is 26.3 Å². The summed E-state index contributed by atoms with van der Waals surface area (Å²) in [4.78, 5) is 14.5. The Bertz CT molecular complexity index is 1340. The van der Waals surface area contributed by atoms with E-state index in [0.717, 1.165) is 17.7 Å². The van der Waals surface area contributed by atoms with Gasteiger partial charge in [-0.25, -0.2) is 18.4 Å². The number of nitrogens with zero attached hydrogens (tertiary/aromatic N) is 4. The Morgan fingerprint density at radius 2 is 1.80 bits per heavy atom. The molecule has 0 bridgehead atoms. The van der Waals surface area contributed by atoms with Crippen molar-refractivity contribution in [1.29, 1.82) is 0 Å². The lowest BCUT2D eigenvalue weighted by molar-refractivity contribution is -0.137. The van der Waals surface area contributed by atoms with Gasteiger partial charge in [-0.05, 0) is 30.3 Å². The Kier molecular flexibility index (Phi) is 6.63. The smallest absolute Gasteiger partial charge is 0.384 e. The van der Waals surface area contributed by atoms with E-state index in [4.69, 9.17) is 10.5 Å². The normalized spacial score (nSPS) is 14.5. The largest absolute Gasteiger partial charge is 0.417 e. The van der Waals surface area contributed by atoms with Crippen LogP contribution in [0.5, 0.6) is 0 Å². The van der Waals surface area contributed by atoms with Crippen molar-refractivity contribution in [2.24, 2.45) is 0 Å². The molecular formula is C22H21F3N6O3S. The molecule has 184 valence electrons. The van der Waals surface area contributed by atoms with E-state index in [-0.39, 0.29) is 33.7 Å². The highest BCUT2D eigenvalue weighted by Gasteiger charge is 2.35. The van der Waals surface area contributed by atoms with Crippen molar-refractivity contribution in [2.45, 2.75) is 11.1 Å². The molecule has 3 N–H and O–H groups in total. The molecule has 4 rings (SSSR count). The summed E-state index contributed by atoms with van der Waals surface area (Å²) in [5.41, 5.74) is 4.75. The van der Waals surface area contributed by atoms with Gasteiger partial charge in [0.25, 0.3) is 0 Å². The molecule has 0 radical (unpaired) electrons. The van der Waals surface area contributed by atoms with E-state index in [0.29, 0.717) is 32.0 Å². The molecule has 0 amide bonds. The number of pyridine rings is 1. The van der Waals surface area contributed by atoms with Crippen LogP contribution in [-0.2, 0) is 20.8 Å². The van der Waals surface area contributed by atoms with E-state index in [2.05, 4.69) is 26.8 Å². The Labute approximate surface area is 199 Å². The molecule has 1 aliphatic rings. The van der Waals surface area contributed by atoms with Gasteiger partial charge in [0, 0.05) is 42.0 Å². The van der Waals surface area contributed by atoms with E-state index in [1.54, 1.807) is 4.90 Å². The summed E-state index contributed by atoms with van der Waals surface area (Å²) in [6.45, 7) is 5.06. The summed E-state index contributed by atoms with van der Waals surface area (Å²) in [7, 11) is -3.61. The second-order valence-corrected chi connectivity index (χ2v) is 9.45. The maximum absolute atomic E-state index is 13.8. The molecule has 0 saturated carbocycles. The Morgan fingerprint density at radius 1 is 1.11 bits per heavy atom. The van der Waals surface area contributed by atoms with Crippen LogP contribution in [0.3, 0.4) is 0 Å². The predicted molar refractivity (Wildman–Crippen MR) is 125 cm³/mol. The summed E-state index contributed by atoms with van der Waals surface area (Å²) < 4.78 is 70.5. The van der Waals surface area contributed by atoms with Gasteiger partial charge >= 0.3 is 6.18 Å². The van der Waals surface area contributed by atoms with Gasteiger partial charge in [-0.2, -0.15) is 18.2 Å². The number of hydrogen-bond donors (Lipinski definition) is 2. The maximum atomic E-state index is 13.8. The summed E-state index contributed by atoms with van der Waals surface area (Å²) in [5, 5.41) is 3.85. The third kappa shape index (κ3) is 5.52. The molecule has 1 aliphatic heterocycles. The highest BCUT2D eigenvalue weighted by atomic mass is 32.2. The average Bonchev–Trinajstić information content (AvgIpc) is 2.84. The average molecular weight is 507 g/mol. The molecule has 1 fully saturated rings. The molecule has 35 heavy (non-hydrogen) atoms. The number of anilines is 4. The molecule has 0 unspecified atom stereocenters. The summed E-state index contributed by atoms with van der Waals surface area (Å²) in [6.07, 6.45) is -3.65. The zero-order valence-corrected chi connectivity index (χ0v) is 19.1. The number of benzene rings is 1. The quantitative estimate of drug-likeness (QED) is 0.516. The molecule has 0 aliphatic carbocycles. The van der Waals surface area contributed by atoms with Crippen LogP contribution in [0.1, 0.15) is 5.56 Å². The fraction of sp³-hybridized carbons (Fsp3) is 0.227. The zero-order chi connectivity index (χ0) is 25.2. The maximum Gasteiger partial charge on any atom is 0.417 e. The highest BCUT2D eigenvalue weighted by Crippen LogP contribution is 2.38. The minimum absolute atomic E-state index is 0.00493. The van der Waals surface area contributed by atoms with Crippen molar-refractivity contribution in [1.82, 2.24) is 15.0 Å². The van der Waals surface area contributed by atoms with Crippen LogP contribution in [0.25, 0.3) is 11.3 Å². The lowest BCUT2D eigenvalue weighted by atomic mass is 10.1. The minimum Gasteiger partial charge on any atom is -0.384 e. The Hall–Kier alpha value is -3.71. The molecule has 3 heterocycles. The molecule has 2 aromatic heterocycles. The number of hydrogen-bond acceptors (Lipinski definition) is 9. The van der Waals surface area contributed by atoms with Gasteiger partial charge in [-0.1, -0.05) is 6.58 Å². The summed E-state index contributed by atoms with van der Waals surface area (Å²) in [6, 6.07) is 7.92. The third-order valence-electron chi connectivity index (χ3n) is 5.19. The molecule has 3 aromatic rings. The number of morpholine rings is 1. The fourth-order valence-electron chi connectivity index (χ4n) is 3.42. The number of sulfone groups is 1. The molecular weight excluding hydrogens is 485 g/mol. The summed E-state index contributed by atoms with van der Waals surface area (Å²) >= 11 is 0. The lowest BCUT2D eigenvalue weighted by Gasteiger charge is -2.27. The van der Waals surface area contributed by atoms with E-state index < -0.39 is 21.6 Å². The fourth-order valence-corrected chi connectivity index (χ4v) is 4.13. The van der Waals surface area contributed by atoms with Gasteiger partial charge in [0.1, 0.15) is 11.6 Å². The van der Waals surface area contributed by atoms with Crippen LogP contribution < -0.4 is 16.0 Å². The predicted octanol–water partition coefficient (Wildman–Crippen LogP) is 3.64. The number of nitrogens with two attached hydrogens (primary N) is 1. The first-order valence-corrected chi connectivity index (χ1v) is 11.9. The van der Waals surface area contributed by atoms with Gasteiger partial charge in [-0.3, -0.25) is 0 Å². The number of ether oxygens (including phenoxy) is 1. The number of nitrogens with one attached hydrogen (secondary N) is 1. The topological polar surface area (TPSA) is 123 Å². The SMILES string of the molecule is C=CS(=O)(=O)c1ccc(Nc2cc(-c3cnc(N)cc3C(F)(F)F)nc(N3CCOCC3)n2)cc1. The van der Waals surface area contributed by atoms with Crippen LogP contribution in [0.2, 0.25) is 0 Å². The first kappa shape index (κ1) is 24.4. The minimum atomic E-state index is -4.68. The Balaban J connectivity index is 1.77. The standard InChI is InChI=1S/C22H21F3N6O3S/c1-2-35(32,33)15-5-3-14(4-6-15)28-20-12-18(29-21(30-20)31-7-9-34-10-8-31)16-13-27-19(26)11-17(16)22(23,24)25/h2-6,11-13H,1,7-10H2,(H2,26,27)(H,28,29,30). The van der Waals surface area contributed by atoms with E-state index in [9.17, 15) is 21.6 Å².